The van der Waals surface area contributed by atoms with E-state index in [0.717, 1.165) is 91.3 Å². The van der Waals surface area contributed by atoms with Crippen LogP contribution in [0.25, 0.3) is 33.4 Å². The van der Waals surface area contributed by atoms with E-state index in [1.807, 2.05) is 12.1 Å². The minimum absolute atomic E-state index is 0.329. The maximum atomic E-state index is 11.9. The average molecular weight is 545 g/mol. The predicted octanol–water partition coefficient (Wildman–Crippen LogP) is 4.92. The molecule has 0 bridgehead atoms. The Balaban J connectivity index is 1.21. The summed E-state index contributed by atoms with van der Waals surface area (Å²) in [7, 11) is -1.17. The molecule has 0 radical (unpaired) electrons. The first-order chi connectivity index (χ1) is 18.8. The summed E-state index contributed by atoms with van der Waals surface area (Å²) in [4.78, 5) is 10.4. The fourth-order valence-corrected chi connectivity index (χ4v) is 6.65. The van der Waals surface area contributed by atoms with Gasteiger partial charge in [-0.05, 0) is 61.7 Å². The highest BCUT2D eigenvalue weighted by Crippen LogP contribution is 2.32. The summed E-state index contributed by atoms with van der Waals surface area (Å²) in [6.45, 7) is 8.17. The van der Waals surface area contributed by atoms with Crippen LogP contribution in [0.5, 0.6) is 0 Å². The van der Waals surface area contributed by atoms with Crippen LogP contribution in [-0.4, -0.2) is 74.6 Å². The van der Waals surface area contributed by atoms with Gasteiger partial charge in [0.25, 0.3) is 0 Å². The van der Waals surface area contributed by atoms with Gasteiger partial charge in [-0.3, -0.25) is 9.88 Å². The normalized spacial score (nSPS) is 17.7. The number of aromatic nitrogens is 2. The fourth-order valence-electron chi connectivity index (χ4n) is 6.02. The van der Waals surface area contributed by atoms with E-state index < -0.39 is 9.84 Å². The van der Waals surface area contributed by atoms with Crippen LogP contribution >= 0.6 is 0 Å². The molecule has 0 amide bonds. The summed E-state index contributed by atoms with van der Waals surface area (Å²) >= 11 is 0. The van der Waals surface area contributed by atoms with Crippen LogP contribution in [-0.2, 0) is 21.6 Å². The first-order valence-electron chi connectivity index (χ1n) is 13.7. The standard InChI is InChI=1S/C31H36N4O3S/c1-22-28-20-30(24-6-10-27(11-7-24)39(3,36)37)33(2)31(28)21-29(32-22)23-4-8-25(9-5-23)34-14-16-35(17-15-34)26-12-18-38-19-13-26/h4-11,20-21,26H,12-19H2,1-3H3. The Kier molecular flexibility index (Phi) is 6.95. The number of ether oxygens (including phenoxy) is 1. The van der Waals surface area contributed by atoms with Gasteiger partial charge in [0.1, 0.15) is 0 Å². The third-order valence-electron chi connectivity index (χ3n) is 8.36. The van der Waals surface area contributed by atoms with Gasteiger partial charge in [-0.25, -0.2) is 8.42 Å². The van der Waals surface area contributed by atoms with Gasteiger partial charge in [0.05, 0.1) is 16.1 Å². The molecule has 39 heavy (non-hydrogen) atoms. The molecule has 7 nitrogen and oxygen atoms in total. The van der Waals surface area contributed by atoms with Gasteiger partial charge < -0.3 is 14.2 Å². The highest BCUT2D eigenvalue weighted by molar-refractivity contribution is 7.90. The zero-order valence-corrected chi connectivity index (χ0v) is 23.7. The van der Waals surface area contributed by atoms with Crippen molar-refractivity contribution in [3.05, 3.63) is 66.4 Å². The second-order valence-electron chi connectivity index (χ2n) is 10.8. The topological polar surface area (TPSA) is 67.7 Å². The highest BCUT2D eigenvalue weighted by Gasteiger charge is 2.25. The Hall–Kier alpha value is -3.20. The summed E-state index contributed by atoms with van der Waals surface area (Å²) in [5.41, 5.74) is 7.41. The van der Waals surface area contributed by atoms with Crippen molar-refractivity contribution in [2.75, 3.05) is 50.5 Å². The molecule has 2 aromatic carbocycles. The molecule has 4 heterocycles. The molecule has 0 N–H and O–H groups in total. The number of piperazine rings is 1. The molecule has 0 saturated carbocycles. The van der Waals surface area contributed by atoms with E-state index in [1.54, 1.807) is 12.1 Å². The van der Waals surface area contributed by atoms with Crippen molar-refractivity contribution in [1.82, 2.24) is 14.5 Å². The Labute approximate surface area is 230 Å². The number of benzene rings is 2. The Morgan fingerprint density at radius 3 is 2.15 bits per heavy atom. The van der Waals surface area contributed by atoms with Gasteiger partial charge in [0, 0.05) is 86.8 Å². The molecule has 2 saturated heterocycles. The molecule has 2 fully saturated rings. The quantitative estimate of drug-likeness (QED) is 0.355. The smallest absolute Gasteiger partial charge is 0.175 e. The molecule has 2 aliphatic rings. The number of hydrogen-bond acceptors (Lipinski definition) is 6. The van der Waals surface area contributed by atoms with Crippen LogP contribution in [0.15, 0.2) is 65.6 Å². The SMILES string of the molecule is Cc1nc(-c2ccc(N3CCN(C4CCOCC4)CC3)cc2)cc2c1cc(-c1ccc(S(C)(=O)=O)cc1)n2C. The zero-order valence-electron chi connectivity index (χ0n) is 22.9. The average Bonchev–Trinajstić information content (AvgIpc) is 3.30. The second-order valence-corrected chi connectivity index (χ2v) is 12.8. The second kappa shape index (κ2) is 10.4. The van der Waals surface area contributed by atoms with E-state index in [4.69, 9.17) is 9.72 Å². The van der Waals surface area contributed by atoms with Crippen molar-refractivity contribution in [2.24, 2.45) is 7.05 Å². The lowest BCUT2D eigenvalue weighted by atomic mass is 10.1. The van der Waals surface area contributed by atoms with Crippen LogP contribution in [0.3, 0.4) is 0 Å². The van der Waals surface area contributed by atoms with Crippen molar-refractivity contribution in [3.8, 4) is 22.5 Å². The van der Waals surface area contributed by atoms with E-state index in [9.17, 15) is 8.42 Å². The number of rotatable bonds is 5. The lowest BCUT2D eigenvalue weighted by molar-refractivity contribution is 0.0321. The largest absolute Gasteiger partial charge is 0.381 e. The van der Waals surface area contributed by atoms with Crippen molar-refractivity contribution in [1.29, 1.82) is 0 Å². The first kappa shape index (κ1) is 26.0. The summed E-state index contributed by atoms with van der Waals surface area (Å²) in [6.07, 6.45) is 3.54. The third-order valence-corrected chi connectivity index (χ3v) is 9.49. The van der Waals surface area contributed by atoms with E-state index in [1.165, 1.54) is 11.9 Å². The Morgan fingerprint density at radius 2 is 1.51 bits per heavy atom. The number of nitrogens with zero attached hydrogens (tertiary/aromatic N) is 4. The lowest BCUT2D eigenvalue weighted by Crippen LogP contribution is -2.51. The molecule has 0 atom stereocenters. The molecule has 204 valence electrons. The fraction of sp³-hybridized carbons (Fsp3) is 0.387. The maximum absolute atomic E-state index is 11.9. The maximum Gasteiger partial charge on any atom is 0.175 e. The summed E-state index contributed by atoms with van der Waals surface area (Å²) < 4.78 is 31.4. The summed E-state index contributed by atoms with van der Waals surface area (Å²) in [6, 6.07) is 20.9. The first-order valence-corrected chi connectivity index (χ1v) is 15.6. The van der Waals surface area contributed by atoms with Gasteiger partial charge in [0.15, 0.2) is 9.84 Å². The number of anilines is 1. The molecule has 0 unspecified atom stereocenters. The van der Waals surface area contributed by atoms with Gasteiger partial charge >= 0.3 is 0 Å². The third kappa shape index (κ3) is 5.21. The van der Waals surface area contributed by atoms with Crippen molar-refractivity contribution in [3.63, 3.8) is 0 Å². The van der Waals surface area contributed by atoms with Gasteiger partial charge in [-0.2, -0.15) is 0 Å². The van der Waals surface area contributed by atoms with Crippen LogP contribution < -0.4 is 4.90 Å². The summed E-state index contributed by atoms with van der Waals surface area (Å²) in [5, 5.41) is 1.10. The van der Waals surface area contributed by atoms with Crippen LogP contribution in [0, 0.1) is 6.92 Å². The minimum atomic E-state index is -3.22. The minimum Gasteiger partial charge on any atom is -0.381 e. The predicted molar refractivity (Wildman–Crippen MR) is 157 cm³/mol. The molecule has 6 rings (SSSR count). The number of sulfone groups is 1. The lowest BCUT2D eigenvalue weighted by Gasteiger charge is -2.41. The molecular formula is C31H36N4O3S. The van der Waals surface area contributed by atoms with Crippen LogP contribution in [0.2, 0.25) is 0 Å². The van der Waals surface area contributed by atoms with Crippen molar-refractivity contribution >= 4 is 26.4 Å². The summed E-state index contributed by atoms with van der Waals surface area (Å²) in [5.74, 6) is 0. The Bertz CT molecular complexity index is 1580. The molecule has 8 heteroatoms. The van der Waals surface area contributed by atoms with Gasteiger partial charge in [-0.1, -0.05) is 24.3 Å². The number of hydrogen-bond donors (Lipinski definition) is 0. The van der Waals surface area contributed by atoms with Gasteiger partial charge in [-0.15, -0.1) is 0 Å². The molecule has 0 spiro atoms. The van der Waals surface area contributed by atoms with E-state index in [0.29, 0.717) is 10.9 Å². The van der Waals surface area contributed by atoms with E-state index in [2.05, 4.69) is 64.7 Å². The number of pyridine rings is 1. The Morgan fingerprint density at radius 1 is 0.872 bits per heavy atom. The molecule has 0 aliphatic carbocycles. The molecule has 2 aliphatic heterocycles. The van der Waals surface area contributed by atoms with Crippen molar-refractivity contribution < 1.29 is 13.2 Å². The monoisotopic (exact) mass is 544 g/mol. The number of fused-ring (bicyclic) bond motifs is 1. The van der Waals surface area contributed by atoms with Crippen molar-refractivity contribution in [2.45, 2.75) is 30.7 Å². The molecular weight excluding hydrogens is 508 g/mol. The van der Waals surface area contributed by atoms with Crippen LogP contribution in [0.4, 0.5) is 5.69 Å². The molecule has 2 aromatic heterocycles. The van der Waals surface area contributed by atoms with E-state index in [-0.39, 0.29) is 0 Å². The highest BCUT2D eigenvalue weighted by atomic mass is 32.2. The molecule has 4 aromatic rings. The van der Waals surface area contributed by atoms with Gasteiger partial charge in [0.2, 0.25) is 0 Å². The van der Waals surface area contributed by atoms with Crippen LogP contribution in [0.1, 0.15) is 18.5 Å². The number of aryl methyl sites for hydroxylation is 2. The zero-order chi connectivity index (χ0) is 27.1. The van der Waals surface area contributed by atoms with E-state index >= 15 is 0 Å².